The predicted molar refractivity (Wildman–Crippen MR) is 52.5 cm³/mol. The van der Waals surface area contributed by atoms with Crippen LogP contribution in [0, 0.1) is 11.3 Å². The SMILES string of the molecule is CCC1(C2C(=O)SC(C)C2=O)CC1. The molecule has 0 amide bonds. The van der Waals surface area contributed by atoms with E-state index in [2.05, 4.69) is 6.92 Å². The summed E-state index contributed by atoms with van der Waals surface area (Å²) in [6, 6.07) is 0. The van der Waals surface area contributed by atoms with E-state index in [1.54, 1.807) is 0 Å². The van der Waals surface area contributed by atoms with Crippen molar-refractivity contribution in [2.75, 3.05) is 0 Å². The topological polar surface area (TPSA) is 34.1 Å². The highest BCUT2D eigenvalue weighted by atomic mass is 32.2. The van der Waals surface area contributed by atoms with Crippen molar-refractivity contribution in [3.05, 3.63) is 0 Å². The second-order valence-corrected chi connectivity index (χ2v) is 5.48. The van der Waals surface area contributed by atoms with E-state index in [9.17, 15) is 9.59 Å². The number of carbonyl (C=O) groups excluding carboxylic acids is 2. The number of ketones is 1. The summed E-state index contributed by atoms with van der Waals surface area (Å²) in [6.07, 6.45) is 3.11. The Morgan fingerprint density at radius 1 is 1.46 bits per heavy atom. The summed E-state index contributed by atoms with van der Waals surface area (Å²) in [5.74, 6) is -0.0909. The summed E-state index contributed by atoms with van der Waals surface area (Å²) >= 11 is 1.23. The Labute approximate surface area is 82.5 Å². The van der Waals surface area contributed by atoms with E-state index in [1.165, 1.54) is 11.8 Å². The average Bonchev–Trinajstić information content (AvgIpc) is 2.81. The van der Waals surface area contributed by atoms with Gasteiger partial charge in [-0.25, -0.2) is 0 Å². The summed E-state index contributed by atoms with van der Waals surface area (Å²) in [6.45, 7) is 3.93. The lowest BCUT2D eigenvalue weighted by molar-refractivity contribution is -0.129. The van der Waals surface area contributed by atoms with Crippen LogP contribution in [-0.4, -0.2) is 16.1 Å². The van der Waals surface area contributed by atoms with Crippen molar-refractivity contribution >= 4 is 22.7 Å². The number of hydrogen-bond acceptors (Lipinski definition) is 3. The van der Waals surface area contributed by atoms with E-state index in [-0.39, 0.29) is 27.5 Å². The Kier molecular flexibility index (Phi) is 2.02. The molecule has 2 fully saturated rings. The molecule has 0 aromatic heterocycles. The first-order valence-corrected chi connectivity index (χ1v) is 5.73. The van der Waals surface area contributed by atoms with E-state index in [4.69, 9.17) is 0 Å². The number of hydrogen-bond donors (Lipinski definition) is 0. The standard InChI is InChI=1S/C10H14O2S/c1-3-10(4-5-10)7-8(11)6(2)13-9(7)12/h6-7H,3-5H2,1-2H3. The largest absolute Gasteiger partial charge is 0.298 e. The van der Waals surface area contributed by atoms with Crippen molar-refractivity contribution in [2.24, 2.45) is 11.3 Å². The smallest absolute Gasteiger partial charge is 0.200 e. The minimum absolute atomic E-state index is 0.0753. The molecule has 2 unspecified atom stereocenters. The van der Waals surface area contributed by atoms with Crippen molar-refractivity contribution in [3.8, 4) is 0 Å². The number of thioether (sulfide) groups is 1. The second kappa shape index (κ2) is 2.84. The van der Waals surface area contributed by atoms with Crippen molar-refractivity contribution in [1.29, 1.82) is 0 Å². The van der Waals surface area contributed by atoms with Gasteiger partial charge in [-0.2, -0.15) is 0 Å². The first-order chi connectivity index (χ1) is 6.10. The molecule has 1 aliphatic carbocycles. The molecule has 1 saturated carbocycles. The summed E-state index contributed by atoms with van der Waals surface area (Å²) in [5.41, 5.74) is 0.0753. The highest BCUT2D eigenvalue weighted by Crippen LogP contribution is 2.58. The Balaban J connectivity index is 2.24. The Morgan fingerprint density at radius 2 is 2.08 bits per heavy atom. The highest BCUT2D eigenvalue weighted by Gasteiger charge is 2.57. The zero-order valence-electron chi connectivity index (χ0n) is 8.00. The maximum Gasteiger partial charge on any atom is 0.200 e. The summed E-state index contributed by atoms with van der Waals surface area (Å²) in [4.78, 5) is 23.3. The lowest BCUT2D eigenvalue weighted by atomic mass is 9.84. The number of carbonyl (C=O) groups is 2. The van der Waals surface area contributed by atoms with Gasteiger partial charge in [-0.05, 0) is 31.6 Å². The molecule has 2 nitrogen and oxygen atoms in total. The summed E-state index contributed by atoms with van der Waals surface area (Å²) in [5, 5.41) is 0.0263. The van der Waals surface area contributed by atoms with Gasteiger partial charge in [0.05, 0.1) is 11.2 Å². The fraction of sp³-hybridized carbons (Fsp3) is 0.800. The quantitative estimate of drug-likeness (QED) is 0.637. The highest BCUT2D eigenvalue weighted by molar-refractivity contribution is 8.15. The van der Waals surface area contributed by atoms with Crippen LogP contribution in [0.3, 0.4) is 0 Å². The molecule has 0 radical (unpaired) electrons. The lowest BCUT2D eigenvalue weighted by Crippen LogP contribution is -2.27. The van der Waals surface area contributed by atoms with Gasteiger partial charge in [0.15, 0.2) is 5.78 Å². The van der Waals surface area contributed by atoms with Crippen molar-refractivity contribution < 1.29 is 9.59 Å². The Bertz CT molecular complexity index is 268. The van der Waals surface area contributed by atoms with Crippen LogP contribution in [0.15, 0.2) is 0 Å². The molecule has 2 atom stereocenters. The molecule has 0 N–H and O–H groups in total. The molecule has 1 saturated heterocycles. The molecule has 1 aliphatic heterocycles. The van der Waals surface area contributed by atoms with Gasteiger partial charge < -0.3 is 0 Å². The minimum atomic E-state index is -0.266. The third-order valence-electron chi connectivity index (χ3n) is 3.42. The molecule has 0 spiro atoms. The van der Waals surface area contributed by atoms with Crippen LogP contribution in [0.1, 0.15) is 33.1 Å². The van der Waals surface area contributed by atoms with E-state index in [0.29, 0.717) is 0 Å². The van der Waals surface area contributed by atoms with E-state index < -0.39 is 0 Å². The zero-order valence-corrected chi connectivity index (χ0v) is 8.82. The Hall–Kier alpha value is -0.310. The molecule has 72 valence electrons. The fourth-order valence-electron chi connectivity index (χ4n) is 2.21. The lowest BCUT2D eigenvalue weighted by Gasteiger charge is -2.17. The summed E-state index contributed by atoms with van der Waals surface area (Å²) in [7, 11) is 0. The van der Waals surface area contributed by atoms with Gasteiger partial charge in [0.25, 0.3) is 0 Å². The van der Waals surface area contributed by atoms with Gasteiger partial charge in [0.2, 0.25) is 5.12 Å². The Morgan fingerprint density at radius 3 is 2.38 bits per heavy atom. The van der Waals surface area contributed by atoms with Gasteiger partial charge in [-0.3, -0.25) is 9.59 Å². The van der Waals surface area contributed by atoms with E-state index >= 15 is 0 Å². The van der Waals surface area contributed by atoms with Crippen LogP contribution >= 0.6 is 11.8 Å². The van der Waals surface area contributed by atoms with Crippen LogP contribution in [-0.2, 0) is 9.59 Å². The molecule has 13 heavy (non-hydrogen) atoms. The van der Waals surface area contributed by atoms with Crippen LogP contribution < -0.4 is 0 Å². The first-order valence-electron chi connectivity index (χ1n) is 4.85. The molecule has 2 rings (SSSR count). The molecule has 0 bridgehead atoms. The fourth-order valence-corrected chi connectivity index (χ4v) is 3.31. The van der Waals surface area contributed by atoms with E-state index in [1.807, 2.05) is 6.92 Å². The molecule has 3 heteroatoms. The molecule has 0 aromatic carbocycles. The van der Waals surface area contributed by atoms with Gasteiger partial charge in [-0.1, -0.05) is 18.7 Å². The number of rotatable bonds is 2. The average molecular weight is 198 g/mol. The van der Waals surface area contributed by atoms with Gasteiger partial charge in [0, 0.05) is 0 Å². The predicted octanol–water partition coefficient (Wildman–Crippen LogP) is 2.02. The monoisotopic (exact) mass is 198 g/mol. The number of Topliss-reactive ketones (excluding diaryl/α,β-unsaturated/α-hetero) is 1. The summed E-state index contributed by atoms with van der Waals surface area (Å²) < 4.78 is 0. The first kappa shape index (κ1) is 9.25. The molecule has 1 heterocycles. The van der Waals surface area contributed by atoms with E-state index in [0.717, 1.165) is 19.3 Å². The van der Waals surface area contributed by atoms with Crippen LogP contribution in [0.4, 0.5) is 0 Å². The normalized spacial score (nSPS) is 36.8. The van der Waals surface area contributed by atoms with Crippen molar-refractivity contribution in [1.82, 2.24) is 0 Å². The zero-order chi connectivity index (χ0) is 9.64. The molecular weight excluding hydrogens is 184 g/mol. The van der Waals surface area contributed by atoms with Crippen LogP contribution in [0.25, 0.3) is 0 Å². The van der Waals surface area contributed by atoms with Crippen LogP contribution in [0.2, 0.25) is 0 Å². The van der Waals surface area contributed by atoms with Gasteiger partial charge in [0.1, 0.15) is 0 Å². The molecule has 2 aliphatic rings. The van der Waals surface area contributed by atoms with Crippen molar-refractivity contribution in [2.45, 2.75) is 38.4 Å². The third kappa shape index (κ3) is 1.25. The molecular formula is C10H14O2S. The van der Waals surface area contributed by atoms with Gasteiger partial charge >= 0.3 is 0 Å². The maximum absolute atomic E-state index is 11.7. The minimum Gasteiger partial charge on any atom is -0.298 e. The van der Waals surface area contributed by atoms with Gasteiger partial charge in [-0.15, -0.1) is 0 Å². The second-order valence-electron chi connectivity index (χ2n) is 4.13. The third-order valence-corrected chi connectivity index (χ3v) is 4.48. The molecule has 0 aromatic rings. The van der Waals surface area contributed by atoms with Crippen LogP contribution in [0.5, 0.6) is 0 Å². The van der Waals surface area contributed by atoms with Crippen molar-refractivity contribution in [3.63, 3.8) is 0 Å². The maximum atomic E-state index is 11.7.